The summed E-state index contributed by atoms with van der Waals surface area (Å²) in [5.74, 6) is -0.271. The van der Waals surface area contributed by atoms with E-state index in [1.807, 2.05) is 0 Å². The summed E-state index contributed by atoms with van der Waals surface area (Å²) in [4.78, 5) is 22.6. The molecule has 16 heavy (non-hydrogen) atoms. The van der Waals surface area contributed by atoms with Gasteiger partial charge in [0.15, 0.2) is 5.78 Å². The van der Waals surface area contributed by atoms with Crippen LogP contribution in [0.25, 0.3) is 0 Å². The molecule has 0 aliphatic carbocycles. The van der Waals surface area contributed by atoms with Crippen molar-refractivity contribution in [2.24, 2.45) is 5.92 Å². The molecular formula is C11H12O5. The van der Waals surface area contributed by atoms with Gasteiger partial charge >= 0.3 is 5.97 Å². The van der Waals surface area contributed by atoms with Crippen LogP contribution in [0.5, 0.6) is 0 Å². The monoisotopic (exact) mass is 224 g/mol. The zero-order valence-electron chi connectivity index (χ0n) is 9.27. The Kier molecular flexibility index (Phi) is 2.46. The molecule has 0 amide bonds. The SMILES string of the molecule is COC(=O)C1=C[C@H]2C(C(C)=O)=C(C)O[C@@H]2O1. The fraction of sp³-hybridized carbons (Fsp3) is 0.455. The molecule has 2 heterocycles. The van der Waals surface area contributed by atoms with Gasteiger partial charge in [0.25, 0.3) is 6.29 Å². The summed E-state index contributed by atoms with van der Waals surface area (Å²) in [5, 5.41) is 0. The molecule has 0 fully saturated rings. The number of methoxy groups -OCH3 is 1. The van der Waals surface area contributed by atoms with Crippen molar-refractivity contribution in [3.63, 3.8) is 0 Å². The second-order valence-corrected chi connectivity index (χ2v) is 3.68. The Morgan fingerprint density at radius 3 is 2.62 bits per heavy atom. The largest absolute Gasteiger partial charge is 0.463 e. The van der Waals surface area contributed by atoms with Crippen molar-refractivity contribution in [1.29, 1.82) is 0 Å². The van der Waals surface area contributed by atoms with E-state index >= 15 is 0 Å². The molecule has 5 nitrogen and oxygen atoms in total. The summed E-state index contributed by atoms with van der Waals surface area (Å²) in [6, 6.07) is 0. The Morgan fingerprint density at radius 2 is 2.06 bits per heavy atom. The van der Waals surface area contributed by atoms with Crippen LogP contribution in [0.3, 0.4) is 0 Å². The normalized spacial score (nSPS) is 26.8. The Balaban J connectivity index is 2.28. The summed E-state index contributed by atoms with van der Waals surface area (Å²) >= 11 is 0. The quantitative estimate of drug-likeness (QED) is 0.652. The molecule has 0 spiro atoms. The first-order valence-corrected chi connectivity index (χ1v) is 4.89. The molecule has 86 valence electrons. The van der Waals surface area contributed by atoms with Gasteiger partial charge in [-0.25, -0.2) is 4.79 Å². The summed E-state index contributed by atoms with van der Waals surface area (Å²) in [5.41, 5.74) is 0.559. The van der Waals surface area contributed by atoms with Crippen molar-refractivity contribution in [1.82, 2.24) is 0 Å². The predicted octanol–water partition coefficient (Wildman–Crippen LogP) is 0.909. The highest BCUT2D eigenvalue weighted by Gasteiger charge is 2.43. The van der Waals surface area contributed by atoms with Gasteiger partial charge in [-0.2, -0.15) is 0 Å². The third kappa shape index (κ3) is 1.48. The number of ketones is 1. The lowest BCUT2D eigenvalue weighted by Gasteiger charge is -2.11. The average Bonchev–Trinajstić information content (AvgIpc) is 2.71. The van der Waals surface area contributed by atoms with E-state index in [9.17, 15) is 9.59 Å². The second kappa shape index (κ2) is 3.66. The van der Waals surface area contributed by atoms with Crippen molar-refractivity contribution < 1.29 is 23.8 Å². The number of rotatable bonds is 2. The second-order valence-electron chi connectivity index (χ2n) is 3.68. The van der Waals surface area contributed by atoms with Crippen LogP contribution in [-0.2, 0) is 23.8 Å². The minimum Gasteiger partial charge on any atom is -0.463 e. The van der Waals surface area contributed by atoms with E-state index in [1.165, 1.54) is 14.0 Å². The highest BCUT2D eigenvalue weighted by Crippen LogP contribution is 2.39. The lowest BCUT2D eigenvalue weighted by Crippen LogP contribution is -2.17. The minimum absolute atomic E-state index is 0.0732. The van der Waals surface area contributed by atoms with Crippen LogP contribution in [0, 0.1) is 5.92 Å². The van der Waals surface area contributed by atoms with E-state index in [0.717, 1.165) is 0 Å². The highest BCUT2D eigenvalue weighted by atomic mass is 16.7. The number of carbonyl (C=O) groups is 2. The van der Waals surface area contributed by atoms with Crippen LogP contribution in [0.15, 0.2) is 23.2 Å². The van der Waals surface area contributed by atoms with Crippen molar-refractivity contribution in [2.45, 2.75) is 20.1 Å². The number of hydrogen-bond donors (Lipinski definition) is 0. The molecule has 2 aliphatic heterocycles. The van der Waals surface area contributed by atoms with E-state index in [2.05, 4.69) is 4.74 Å². The number of ether oxygens (including phenoxy) is 3. The number of hydrogen-bond acceptors (Lipinski definition) is 5. The van der Waals surface area contributed by atoms with Gasteiger partial charge in [-0.05, 0) is 19.9 Å². The van der Waals surface area contributed by atoms with Crippen molar-refractivity contribution in [2.75, 3.05) is 7.11 Å². The minimum atomic E-state index is -0.604. The molecule has 0 aromatic heterocycles. The van der Waals surface area contributed by atoms with Crippen molar-refractivity contribution >= 4 is 11.8 Å². The molecule has 2 rings (SSSR count). The molecule has 0 saturated carbocycles. The molecule has 0 aromatic carbocycles. The molecule has 0 bridgehead atoms. The van der Waals surface area contributed by atoms with Crippen LogP contribution < -0.4 is 0 Å². The maximum absolute atomic E-state index is 11.4. The first-order chi connectivity index (χ1) is 7.54. The fourth-order valence-corrected chi connectivity index (χ4v) is 1.97. The Hall–Kier alpha value is -1.78. The van der Waals surface area contributed by atoms with Crippen LogP contribution >= 0.6 is 0 Å². The summed E-state index contributed by atoms with van der Waals surface area (Å²) in [6.07, 6.45) is 0.969. The average molecular weight is 224 g/mol. The molecule has 0 aromatic rings. The number of Topliss-reactive ketones (excluding diaryl/α,β-unsaturated/α-hetero) is 1. The van der Waals surface area contributed by atoms with E-state index < -0.39 is 12.3 Å². The Morgan fingerprint density at radius 1 is 1.38 bits per heavy atom. The molecule has 0 saturated heterocycles. The van der Waals surface area contributed by atoms with Crippen LogP contribution in [0.1, 0.15) is 13.8 Å². The topological polar surface area (TPSA) is 61.8 Å². The lowest BCUT2D eigenvalue weighted by molar-refractivity contribution is -0.145. The lowest BCUT2D eigenvalue weighted by atomic mass is 9.97. The van der Waals surface area contributed by atoms with Crippen molar-refractivity contribution in [3.8, 4) is 0 Å². The molecule has 0 radical (unpaired) electrons. The maximum Gasteiger partial charge on any atom is 0.373 e. The van der Waals surface area contributed by atoms with Gasteiger partial charge in [0, 0.05) is 5.57 Å². The molecule has 0 N–H and O–H groups in total. The zero-order valence-corrected chi connectivity index (χ0v) is 9.27. The van der Waals surface area contributed by atoms with Gasteiger partial charge in [-0.15, -0.1) is 0 Å². The van der Waals surface area contributed by atoms with Gasteiger partial charge in [-0.3, -0.25) is 4.79 Å². The molecule has 2 aliphatic rings. The van der Waals surface area contributed by atoms with Gasteiger partial charge in [0.1, 0.15) is 5.76 Å². The van der Waals surface area contributed by atoms with Crippen LogP contribution in [0.4, 0.5) is 0 Å². The Labute approximate surface area is 92.7 Å². The molecular weight excluding hydrogens is 212 g/mol. The summed E-state index contributed by atoms with van der Waals surface area (Å²) in [6.45, 7) is 3.18. The van der Waals surface area contributed by atoms with Gasteiger partial charge in [0.05, 0.1) is 13.0 Å². The predicted molar refractivity (Wildman–Crippen MR) is 52.9 cm³/mol. The van der Waals surface area contributed by atoms with Crippen molar-refractivity contribution in [3.05, 3.63) is 23.2 Å². The van der Waals surface area contributed by atoms with Crippen LogP contribution in [0.2, 0.25) is 0 Å². The first kappa shape index (κ1) is 10.7. The molecule has 2 atom stereocenters. The number of esters is 1. The van der Waals surface area contributed by atoms with E-state index in [-0.39, 0.29) is 17.5 Å². The van der Waals surface area contributed by atoms with E-state index in [0.29, 0.717) is 11.3 Å². The highest BCUT2D eigenvalue weighted by molar-refractivity contribution is 5.96. The first-order valence-electron chi connectivity index (χ1n) is 4.89. The zero-order chi connectivity index (χ0) is 11.9. The smallest absolute Gasteiger partial charge is 0.373 e. The third-order valence-corrected chi connectivity index (χ3v) is 2.64. The van der Waals surface area contributed by atoms with Crippen LogP contribution in [-0.4, -0.2) is 25.2 Å². The van der Waals surface area contributed by atoms with Gasteiger partial charge in [-0.1, -0.05) is 0 Å². The molecule has 0 unspecified atom stereocenters. The number of fused-ring (bicyclic) bond motifs is 1. The standard InChI is InChI=1S/C11H12O5/c1-5(12)9-6(2)15-11-7(9)4-8(16-11)10(13)14-3/h4,7,11H,1-3H3/t7-,11+/m0/s1. The Bertz CT molecular complexity index is 418. The maximum atomic E-state index is 11.4. The number of carbonyl (C=O) groups excluding carboxylic acids is 2. The van der Waals surface area contributed by atoms with E-state index in [4.69, 9.17) is 9.47 Å². The van der Waals surface area contributed by atoms with Gasteiger partial charge in [0.2, 0.25) is 5.76 Å². The fourth-order valence-electron chi connectivity index (χ4n) is 1.97. The number of allylic oxidation sites excluding steroid dienone is 1. The van der Waals surface area contributed by atoms with Gasteiger partial charge < -0.3 is 14.2 Å². The summed E-state index contributed by atoms with van der Waals surface area (Å²) < 4.78 is 15.2. The summed E-state index contributed by atoms with van der Waals surface area (Å²) in [7, 11) is 1.27. The van der Waals surface area contributed by atoms with E-state index in [1.54, 1.807) is 13.0 Å². The third-order valence-electron chi connectivity index (χ3n) is 2.64. The molecule has 5 heteroatoms.